The third-order valence-electron chi connectivity index (χ3n) is 3.54. The average molecular weight is 415 g/mol. The summed E-state index contributed by atoms with van der Waals surface area (Å²) in [5, 5.41) is 12.0. The van der Waals surface area contributed by atoms with E-state index in [1.807, 2.05) is 0 Å². The lowest BCUT2D eigenvalue weighted by Gasteiger charge is -2.05. The highest BCUT2D eigenvalue weighted by Gasteiger charge is 2.41. The van der Waals surface area contributed by atoms with Gasteiger partial charge in [-0.15, -0.1) is 17.0 Å². The third-order valence-corrected chi connectivity index (χ3v) is 5.73. The Kier molecular flexibility index (Phi) is 6.69. The van der Waals surface area contributed by atoms with E-state index in [1.54, 1.807) is 36.6 Å². The van der Waals surface area contributed by atoms with Gasteiger partial charge in [0.15, 0.2) is 11.5 Å². The van der Waals surface area contributed by atoms with Gasteiger partial charge in [-0.3, -0.25) is 4.79 Å². The molecule has 9 heteroatoms. The Balaban J connectivity index is 0.00000243. The fourth-order valence-corrected chi connectivity index (χ4v) is 4.59. The molecule has 0 aliphatic carbocycles. The minimum Gasteiger partial charge on any atom is -0.504 e. The van der Waals surface area contributed by atoms with Crippen LogP contribution < -0.4 is 9.30 Å². The molecule has 1 aliphatic heterocycles. The van der Waals surface area contributed by atoms with Gasteiger partial charge in [0.05, 0.1) is 19.1 Å². The minimum atomic E-state index is -0.365. The maximum atomic E-state index is 12.7. The summed E-state index contributed by atoms with van der Waals surface area (Å²) in [6.07, 6.45) is 1.67. The first-order valence-corrected chi connectivity index (χ1v) is 9.23. The van der Waals surface area contributed by atoms with Gasteiger partial charge in [-0.2, -0.15) is 0 Å². The molecule has 0 unspecified atom stereocenters. The molecule has 0 saturated heterocycles. The number of thiazole rings is 1. The number of benzene rings is 1. The molecular weight excluding hydrogens is 398 g/mol. The van der Waals surface area contributed by atoms with Crippen molar-refractivity contribution in [3.8, 4) is 11.5 Å². The molecule has 0 atom stereocenters. The number of hydrogen-bond acceptors (Lipinski definition) is 7. The van der Waals surface area contributed by atoms with Crippen LogP contribution in [0.5, 0.6) is 11.5 Å². The SMILES string of the molecule is CCOC(=O)Cc1csc2[n+]1C(=O)/C(=C/c1cccc(OC)c1O)S2.Cl. The number of nitrogens with zero attached hydrogens (tertiary/aromatic N) is 1. The van der Waals surface area contributed by atoms with E-state index in [2.05, 4.69) is 0 Å². The molecule has 1 aromatic carbocycles. The number of esters is 1. The second-order valence-electron chi connectivity index (χ2n) is 5.12. The molecule has 0 saturated carbocycles. The summed E-state index contributed by atoms with van der Waals surface area (Å²) in [6.45, 7) is 2.05. The Morgan fingerprint density at radius 1 is 1.38 bits per heavy atom. The Morgan fingerprint density at radius 3 is 2.85 bits per heavy atom. The van der Waals surface area contributed by atoms with Crippen LogP contribution in [-0.4, -0.2) is 30.7 Å². The first kappa shape index (κ1) is 20.3. The van der Waals surface area contributed by atoms with Crippen molar-refractivity contribution in [1.29, 1.82) is 0 Å². The number of carbonyl (C=O) groups excluding carboxylic acids is 2. The van der Waals surface area contributed by atoms with Crippen molar-refractivity contribution in [3.05, 3.63) is 39.7 Å². The molecule has 0 spiro atoms. The summed E-state index contributed by atoms with van der Waals surface area (Å²) in [5.41, 5.74) is 1.10. The van der Waals surface area contributed by atoms with E-state index < -0.39 is 0 Å². The van der Waals surface area contributed by atoms with Crippen molar-refractivity contribution >= 4 is 53.5 Å². The van der Waals surface area contributed by atoms with Gasteiger partial charge in [-0.1, -0.05) is 23.5 Å². The predicted molar refractivity (Wildman–Crippen MR) is 101 cm³/mol. The minimum absolute atomic E-state index is 0. The lowest BCUT2D eigenvalue weighted by Crippen LogP contribution is -2.43. The van der Waals surface area contributed by atoms with Crippen LogP contribution >= 0.6 is 35.5 Å². The van der Waals surface area contributed by atoms with Crippen molar-refractivity contribution in [3.63, 3.8) is 0 Å². The van der Waals surface area contributed by atoms with E-state index in [0.717, 1.165) is 4.34 Å². The number of phenolic OH excluding ortho intramolecular Hbond substituents is 1. The summed E-state index contributed by atoms with van der Waals surface area (Å²) >= 11 is 2.71. The highest BCUT2D eigenvalue weighted by atomic mass is 35.5. The molecule has 0 amide bonds. The quantitative estimate of drug-likeness (QED) is 0.460. The van der Waals surface area contributed by atoms with Crippen LogP contribution in [0.15, 0.2) is 32.8 Å². The number of para-hydroxylation sites is 1. The summed E-state index contributed by atoms with van der Waals surface area (Å²) in [4.78, 5) is 24.9. The molecular formula is C17H17ClNO5S2+. The van der Waals surface area contributed by atoms with Crippen LogP contribution in [0.3, 0.4) is 0 Å². The van der Waals surface area contributed by atoms with Crippen LogP contribution in [0.1, 0.15) is 23.0 Å². The van der Waals surface area contributed by atoms with Gasteiger partial charge in [-0.05, 0) is 19.1 Å². The molecule has 2 aromatic rings. The fraction of sp³-hybridized carbons (Fsp3) is 0.235. The van der Waals surface area contributed by atoms with Gasteiger partial charge in [0.1, 0.15) is 11.3 Å². The van der Waals surface area contributed by atoms with E-state index in [1.165, 1.54) is 34.8 Å². The summed E-state index contributed by atoms with van der Waals surface area (Å²) < 4.78 is 12.3. The van der Waals surface area contributed by atoms with Gasteiger partial charge in [0.2, 0.25) is 5.69 Å². The largest absolute Gasteiger partial charge is 0.504 e. The maximum absolute atomic E-state index is 12.7. The van der Waals surface area contributed by atoms with Gasteiger partial charge < -0.3 is 14.6 Å². The van der Waals surface area contributed by atoms with E-state index in [-0.39, 0.29) is 36.5 Å². The Labute approximate surface area is 164 Å². The number of thioether (sulfide) groups is 1. The smallest absolute Gasteiger partial charge is 0.433 e. The number of phenols is 1. The van der Waals surface area contributed by atoms with E-state index in [9.17, 15) is 14.7 Å². The summed E-state index contributed by atoms with van der Waals surface area (Å²) in [5.74, 6) is -0.257. The first-order chi connectivity index (χ1) is 12.0. The molecule has 1 N–H and O–H groups in total. The molecule has 1 aromatic heterocycles. The van der Waals surface area contributed by atoms with Crippen LogP contribution in [-0.2, 0) is 16.0 Å². The number of ether oxygens (including phenoxy) is 2. The molecule has 3 rings (SSSR count). The number of carbonyl (C=O) groups is 2. The second-order valence-corrected chi connectivity index (χ2v) is 7.27. The average Bonchev–Trinajstić information content (AvgIpc) is 3.11. The Morgan fingerprint density at radius 2 is 2.15 bits per heavy atom. The number of allylic oxidation sites excluding steroid dienone is 1. The highest BCUT2D eigenvalue weighted by molar-refractivity contribution is 8.05. The van der Waals surface area contributed by atoms with Crippen LogP contribution in [0.4, 0.5) is 0 Å². The zero-order chi connectivity index (χ0) is 18.0. The molecule has 6 nitrogen and oxygen atoms in total. The molecule has 26 heavy (non-hydrogen) atoms. The lowest BCUT2D eigenvalue weighted by atomic mass is 10.1. The molecule has 0 radical (unpaired) electrons. The van der Waals surface area contributed by atoms with Crippen molar-refractivity contribution in [1.82, 2.24) is 0 Å². The second kappa shape index (κ2) is 8.57. The van der Waals surface area contributed by atoms with Crippen molar-refractivity contribution in [2.24, 2.45) is 0 Å². The third kappa shape index (κ3) is 3.87. The van der Waals surface area contributed by atoms with Crippen molar-refractivity contribution in [2.45, 2.75) is 17.7 Å². The van der Waals surface area contributed by atoms with Crippen molar-refractivity contribution < 1.29 is 28.7 Å². The fourth-order valence-electron chi connectivity index (χ4n) is 2.41. The number of halogens is 1. The lowest BCUT2D eigenvalue weighted by molar-refractivity contribution is -0.607. The normalized spacial score (nSPS) is 14.1. The number of rotatable bonds is 5. The van der Waals surface area contributed by atoms with Gasteiger partial charge in [0.25, 0.3) is 0 Å². The topological polar surface area (TPSA) is 76.7 Å². The van der Waals surface area contributed by atoms with Crippen LogP contribution in [0.25, 0.3) is 6.08 Å². The molecule has 0 bridgehead atoms. The summed E-state index contributed by atoms with van der Waals surface area (Å²) in [6, 6.07) is 5.09. The predicted octanol–water partition coefficient (Wildman–Crippen LogP) is 3.06. The standard InChI is InChI=1S/C17H15NO5S2.ClH/c1-3-23-14(19)8-11-9-24-17-18(11)16(21)13(25-17)7-10-5-4-6-12(22-2)15(10)20;/h4-7,9H,3,8H2,1-2H3;1H/p+1. The Bertz CT molecular complexity index is 878. The number of methoxy groups -OCH3 is 1. The molecule has 1 aliphatic rings. The van der Waals surface area contributed by atoms with Gasteiger partial charge in [0, 0.05) is 17.3 Å². The highest BCUT2D eigenvalue weighted by Crippen LogP contribution is 2.38. The van der Waals surface area contributed by atoms with Crippen LogP contribution in [0.2, 0.25) is 0 Å². The van der Waals surface area contributed by atoms with Crippen molar-refractivity contribution in [2.75, 3.05) is 13.7 Å². The molecule has 0 fully saturated rings. The first-order valence-electron chi connectivity index (χ1n) is 7.53. The molecule has 2 heterocycles. The van der Waals surface area contributed by atoms with Gasteiger partial charge in [-0.25, -0.2) is 4.79 Å². The van der Waals surface area contributed by atoms with E-state index in [0.29, 0.717) is 28.5 Å². The summed E-state index contributed by atoms with van der Waals surface area (Å²) in [7, 11) is 1.47. The number of hydrogen-bond donors (Lipinski definition) is 1. The number of fused-ring (bicyclic) bond motifs is 1. The number of aromatic nitrogens is 1. The van der Waals surface area contributed by atoms with Gasteiger partial charge >= 0.3 is 16.2 Å². The number of aromatic hydroxyl groups is 1. The maximum Gasteiger partial charge on any atom is 0.433 e. The zero-order valence-corrected chi connectivity index (χ0v) is 16.5. The van der Waals surface area contributed by atoms with Crippen LogP contribution in [0, 0.1) is 0 Å². The zero-order valence-electron chi connectivity index (χ0n) is 14.1. The van der Waals surface area contributed by atoms with E-state index in [4.69, 9.17) is 9.47 Å². The van der Waals surface area contributed by atoms with E-state index >= 15 is 0 Å². The Hall–Kier alpha value is -2.03. The monoisotopic (exact) mass is 414 g/mol. The molecule has 138 valence electrons.